The molecule has 0 fully saturated rings. The number of benzene rings is 2. The minimum absolute atomic E-state index is 0.0181. The second-order valence-electron chi connectivity index (χ2n) is 6.93. The van der Waals surface area contributed by atoms with Crippen LogP contribution in [0.1, 0.15) is 39.9 Å². The molecule has 6 nitrogen and oxygen atoms in total. The van der Waals surface area contributed by atoms with E-state index in [0.717, 1.165) is 40.7 Å². The number of allylic oxidation sites excluding steroid dienone is 1. The number of methoxy groups -OCH3 is 5. The van der Waals surface area contributed by atoms with Gasteiger partial charge in [-0.05, 0) is 42.5 Å². The summed E-state index contributed by atoms with van der Waals surface area (Å²) < 4.78 is 27.8. The number of ketones is 1. The highest BCUT2D eigenvalue weighted by Crippen LogP contribution is 2.53. The minimum atomic E-state index is -0.0181. The van der Waals surface area contributed by atoms with Crippen molar-refractivity contribution in [3.63, 3.8) is 0 Å². The number of rotatable bonds is 5. The Morgan fingerprint density at radius 2 is 1.41 bits per heavy atom. The number of ether oxygens (including phenoxy) is 5. The Kier molecular flexibility index (Phi) is 4.86. The Hall–Kier alpha value is -3.15. The standard InChI is InChI=1S/C23H24O6/c1-25-16-10-9-12-13(21(16)27-3)7-6-8-14-18(12)15-11-17(26-2)22(28-4)23(29-5)19(15)20(14)24/h9-11H,6-8H2,1-5H3. The van der Waals surface area contributed by atoms with Gasteiger partial charge in [-0.2, -0.15) is 0 Å². The lowest BCUT2D eigenvalue weighted by Crippen LogP contribution is -2.05. The minimum Gasteiger partial charge on any atom is -0.493 e. The van der Waals surface area contributed by atoms with E-state index in [2.05, 4.69) is 0 Å². The van der Waals surface area contributed by atoms with Crippen LogP contribution in [0.5, 0.6) is 28.7 Å². The molecule has 0 heterocycles. The summed E-state index contributed by atoms with van der Waals surface area (Å²) in [6, 6.07) is 5.75. The maximum Gasteiger partial charge on any atom is 0.204 e. The monoisotopic (exact) mass is 396 g/mol. The molecule has 2 aromatic carbocycles. The van der Waals surface area contributed by atoms with Gasteiger partial charge in [0.15, 0.2) is 28.8 Å². The zero-order valence-electron chi connectivity index (χ0n) is 17.3. The largest absolute Gasteiger partial charge is 0.493 e. The van der Waals surface area contributed by atoms with Crippen LogP contribution >= 0.6 is 0 Å². The Morgan fingerprint density at radius 1 is 0.724 bits per heavy atom. The summed E-state index contributed by atoms with van der Waals surface area (Å²) in [6.45, 7) is 0. The van der Waals surface area contributed by atoms with Crippen molar-refractivity contribution in [1.29, 1.82) is 0 Å². The van der Waals surface area contributed by atoms with Crippen molar-refractivity contribution in [3.8, 4) is 28.7 Å². The van der Waals surface area contributed by atoms with Crippen molar-refractivity contribution in [3.05, 3.63) is 46.0 Å². The molecule has 0 saturated carbocycles. The van der Waals surface area contributed by atoms with Gasteiger partial charge in [0, 0.05) is 16.7 Å². The second-order valence-corrected chi connectivity index (χ2v) is 6.93. The van der Waals surface area contributed by atoms with Crippen LogP contribution in [0.2, 0.25) is 0 Å². The average Bonchev–Trinajstić information content (AvgIpc) is 2.90. The third-order valence-electron chi connectivity index (χ3n) is 5.67. The predicted octanol–water partition coefficient (Wildman–Crippen LogP) is 4.06. The second kappa shape index (κ2) is 7.35. The molecule has 152 valence electrons. The van der Waals surface area contributed by atoms with Crippen LogP contribution in [0.4, 0.5) is 0 Å². The highest BCUT2D eigenvalue weighted by Gasteiger charge is 2.38. The summed E-state index contributed by atoms with van der Waals surface area (Å²) in [5, 5.41) is 0. The first kappa shape index (κ1) is 19.2. The summed E-state index contributed by atoms with van der Waals surface area (Å²) in [7, 11) is 7.92. The first-order valence-corrected chi connectivity index (χ1v) is 9.46. The molecule has 0 spiro atoms. The Morgan fingerprint density at radius 3 is 2.03 bits per heavy atom. The van der Waals surface area contributed by atoms with E-state index >= 15 is 0 Å². The van der Waals surface area contributed by atoms with Gasteiger partial charge in [-0.3, -0.25) is 4.79 Å². The van der Waals surface area contributed by atoms with Crippen LogP contribution in [0.25, 0.3) is 5.57 Å². The molecule has 0 radical (unpaired) electrons. The summed E-state index contributed by atoms with van der Waals surface area (Å²) in [5.74, 6) is 2.73. The molecule has 0 saturated heterocycles. The molecular formula is C23H24O6. The van der Waals surface area contributed by atoms with Crippen LogP contribution in [-0.4, -0.2) is 41.3 Å². The molecule has 0 N–H and O–H groups in total. The Balaban J connectivity index is 2.05. The van der Waals surface area contributed by atoms with E-state index in [0.29, 0.717) is 40.7 Å². The average molecular weight is 396 g/mol. The molecule has 2 aliphatic carbocycles. The number of Topliss-reactive ketones (excluding diaryl/α,β-unsaturated/α-hetero) is 1. The lowest BCUT2D eigenvalue weighted by atomic mass is 9.92. The molecule has 29 heavy (non-hydrogen) atoms. The highest BCUT2D eigenvalue weighted by atomic mass is 16.5. The number of fused-ring (bicyclic) bond motifs is 4. The molecular weight excluding hydrogens is 372 g/mol. The molecule has 0 unspecified atom stereocenters. The van der Waals surface area contributed by atoms with Crippen molar-refractivity contribution >= 4 is 11.4 Å². The molecule has 2 aliphatic rings. The van der Waals surface area contributed by atoms with Crippen LogP contribution in [0.3, 0.4) is 0 Å². The van der Waals surface area contributed by atoms with Gasteiger partial charge >= 0.3 is 0 Å². The summed E-state index contributed by atoms with van der Waals surface area (Å²) in [5.41, 5.74) is 5.06. The van der Waals surface area contributed by atoms with E-state index in [4.69, 9.17) is 23.7 Å². The van der Waals surface area contributed by atoms with Crippen molar-refractivity contribution in [2.24, 2.45) is 0 Å². The van der Waals surface area contributed by atoms with Crippen molar-refractivity contribution in [2.75, 3.05) is 35.5 Å². The lowest BCUT2D eigenvalue weighted by Gasteiger charge is -2.19. The normalized spacial score (nSPS) is 14.6. The summed E-state index contributed by atoms with van der Waals surface area (Å²) in [6.07, 6.45) is 2.32. The van der Waals surface area contributed by atoms with E-state index in [-0.39, 0.29) is 5.78 Å². The van der Waals surface area contributed by atoms with E-state index in [1.807, 2.05) is 18.2 Å². The highest BCUT2D eigenvalue weighted by molar-refractivity contribution is 6.25. The summed E-state index contributed by atoms with van der Waals surface area (Å²) >= 11 is 0. The number of carbonyl (C=O) groups is 1. The first-order chi connectivity index (χ1) is 14.1. The maximum absolute atomic E-state index is 13.4. The van der Waals surface area contributed by atoms with Crippen LogP contribution in [-0.2, 0) is 6.42 Å². The zero-order valence-corrected chi connectivity index (χ0v) is 17.3. The van der Waals surface area contributed by atoms with Gasteiger partial charge in [-0.15, -0.1) is 0 Å². The Labute approximate surface area is 170 Å². The van der Waals surface area contributed by atoms with Gasteiger partial charge in [0.1, 0.15) is 0 Å². The lowest BCUT2D eigenvalue weighted by molar-refractivity contribution is 0.103. The molecule has 0 bridgehead atoms. The van der Waals surface area contributed by atoms with Gasteiger partial charge in [0.25, 0.3) is 0 Å². The molecule has 6 heteroatoms. The van der Waals surface area contributed by atoms with Gasteiger partial charge in [0.05, 0.1) is 41.1 Å². The predicted molar refractivity (Wildman–Crippen MR) is 109 cm³/mol. The first-order valence-electron chi connectivity index (χ1n) is 9.46. The van der Waals surface area contributed by atoms with E-state index in [1.54, 1.807) is 21.3 Å². The van der Waals surface area contributed by atoms with E-state index in [9.17, 15) is 4.79 Å². The molecule has 4 rings (SSSR count). The van der Waals surface area contributed by atoms with Gasteiger partial charge in [-0.1, -0.05) is 6.07 Å². The van der Waals surface area contributed by atoms with Crippen molar-refractivity contribution in [1.82, 2.24) is 0 Å². The molecule has 0 aliphatic heterocycles. The van der Waals surface area contributed by atoms with Gasteiger partial charge in [-0.25, -0.2) is 0 Å². The number of hydrogen-bond donors (Lipinski definition) is 0. The molecule has 2 aromatic rings. The van der Waals surface area contributed by atoms with E-state index in [1.165, 1.54) is 14.2 Å². The summed E-state index contributed by atoms with van der Waals surface area (Å²) in [4.78, 5) is 13.4. The fourth-order valence-electron chi connectivity index (χ4n) is 4.47. The fraction of sp³-hybridized carbons (Fsp3) is 0.348. The van der Waals surface area contributed by atoms with Crippen LogP contribution in [0, 0.1) is 0 Å². The smallest absolute Gasteiger partial charge is 0.204 e. The third-order valence-corrected chi connectivity index (χ3v) is 5.67. The maximum atomic E-state index is 13.4. The zero-order chi connectivity index (χ0) is 20.7. The fourth-order valence-corrected chi connectivity index (χ4v) is 4.47. The molecule has 0 aromatic heterocycles. The van der Waals surface area contributed by atoms with Gasteiger partial charge < -0.3 is 23.7 Å². The number of hydrogen-bond acceptors (Lipinski definition) is 6. The quantitative estimate of drug-likeness (QED) is 0.759. The number of carbonyl (C=O) groups excluding carboxylic acids is 1. The Bertz CT molecular complexity index is 1030. The van der Waals surface area contributed by atoms with Gasteiger partial charge in [0.2, 0.25) is 5.75 Å². The molecule has 0 amide bonds. The van der Waals surface area contributed by atoms with E-state index < -0.39 is 0 Å². The van der Waals surface area contributed by atoms with Crippen LogP contribution < -0.4 is 23.7 Å². The SMILES string of the molecule is COc1ccc2c(c1OC)CCCC1=C2c2cc(OC)c(OC)c(OC)c2C1=O. The third kappa shape index (κ3) is 2.66. The molecule has 0 atom stereocenters. The topological polar surface area (TPSA) is 63.2 Å². The van der Waals surface area contributed by atoms with Crippen molar-refractivity contribution < 1.29 is 28.5 Å². The van der Waals surface area contributed by atoms with Crippen LogP contribution in [0.15, 0.2) is 23.8 Å². The van der Waals surface area contributed by atoms with Crippen molar-refractivity contribution in [2.45, 2.75) is 19.3 Å².